The molecule has 1 heterocycles. The van der Waals surface area contributed by atoms with Crippen LogP contribution in [0.4, 0.5) is 0 Å². The van der Waals surface area contributed by atoms with Gasteiger partial charge in [0.2, 0.25) is 0 Å². The molecule has 3 heteroatoms. The molecule has 0 aliphatic carbocycles. The van der Waals surface area contributed by atoms with E-state index in [0.717, 1.165) is 6.42 Å². The average Bonchev–Trinajstić information content (AvgIpc) is 2.43. The normalized spacial score (nSPS) is 21.8. The third kappa shape index (κ3) is 3.62. The first-order chi connectivity index (χ1) is 7.52. The molecule has 0 bridgehead atoms. The molecule has 1 rings (SSSR count). The van der Waals surface area contributed by atoms with Crippen molar-refractivity contribution < 1.29 is 0 Å². The van der Waals surface area contributed by atoms with Crippen LogP contribution in [-0.2, 0) is 0 Å². The summed E-state index contributed by atoms with van der Waals surface area (Å²) in [5, 5.41) is 6.82. The average molecular weight is 239 g/mol. The van der Waals surface area contributed by atoms with Gasteiger partial charge >= 0.3 is 0 Å². The lowest BCUT2D eigenvalue weighted by atomic mass is 9.89. The van der Waals surface area contributed by atoms with E-state index < -0.39 is 0 Å². The maximum atomic E-state index is 4.58. The van der Waals surface area contributed by atoms with Crippen molar-refractivity contribution in [2.24, 2.45) is 10.5 Å². The quantitative estimate of drug-likeness (QED) is 0.734. The van der Waals surface area contributed by atoms with Gasteiger partial charge in [-0.2, -0.15) is 5.10 Å². The molecule has 100 valence electrons. The van der Waals surface area contributed by atoms with Crippen LogP contribution < -0.4 is 0 Å². The highest BCUT2D eigenvalue weighted by molar-refractivity contribution is 5.58. The molecule has 1 aliphatic heterocycles. The topological polar surface area (TPSA) is 18.8 Å². The first-order valence-electron chi connectivity index (χ1n) is 6.63. The molecule has 0 spiro atoms. The molecule has 0 aromatic heterocycles. The first-order valence-corrected chi connectivity index (χ1v) is 6.63. The van der Waals surface area contributed by atoms with Gasteiger partial charge in [0.05, 0.1) is 0 Å². The van der Waals surface area contributed by atoms with Gasteiger partial charge in [0.25, 0.3) is 0 Å². The van der Waals surface area contributed by atoms with Gasteiger partial charge in [-0.05, 0) is 46.5 Å². The molecule has 0 aromatic carbocycles. The van der Waals surface area contributed by atoms with Gasteiger partial charge in [0.15, 0.2) is 0 Å². The van der Waals surface area contributed by atoms with E-state index in [1.54, 1.807) is 0 Å². The SMILES string of the molecule is CC(C)N1N=CN(C(C)(C)C)C1CC(C)(C)C. The Morgan fingerprint density at radius 1 is 1.12 bits per heavy atom. The van der Waals surface area contributed by atoms with Crippen molar-refractivity contribution in [1.82, 2.24) is 9.91 Å². The van der Waals surface area contributed by atoms with Gasteiger partial charge < -0.3 is 4.90 Å². The fourth-order valence-corrected chi connectivity index (χ4v) is 2.23. The predicted octanol–water partition coefficient (Wildman–Crippen LogP) is 3.52. The van der Waals surface area contributed by atoms with Crippen LogP contribution in [0.25, 0.3) is 0 Å². The highest BCUT2D eigenvalue weighted by Gasteiger charge is 2.37. The van der Waals surface area contributed by atoms with Crippen molar-refractivity contribution in [3.63, 3.8) is 0 Å². The monoisotopic (exact) mass is 239 g/mol. The molecule has 0 saturated carbocycles. The number of nitrogens with zero attached hydrogens (tertiary/aromatic N) is 3. The van der Waals surface area contributed by atoms with Crippen LogP contribution in [0.3, 0.4) is 0 Å². The molecule has 17 heavy (non-hydrogen) atoms. The maximum Gasteiger partial charge on any atom is 0.120 e. The Hall–Kier alpha value is -0.730. The lowest BCUT2D eigenvalue weighted by molar-refractivity contribution is 0.0268. The Bertz CT molecular complexity index is 281. The molecule has 0 fully saturated rings. The van der Waals surface area contributed by atoms with Crippen LogP contribution in [0.1, 0.15) is 61.8 Å². The fraction of sp³-hybridized carbons (Fsp3) is 0.929. The van der Waals surface area contributed by atoms with Crippen molar-refractivity contribution in [2.75, 3.05) is 0 Å². The van der Waals surface area contributed by atoms with Crippen molar-refractivity contribution in [1.29, 1.82) is 0 Å². The van der Waals surface area contributed by atoms with Crippen molar-refractivity contribution in [3.8, 4) is 0 Å². The maximum absolute atomic E-state index is 4.58. The molecule has 0 aromatic rings. The Morgan fingerprint density at radius 3 is 2.00 bits per heavy atom. The molecule has 1 unspecified atom stereocenters. The van der Waals surface area contributed by atoms with E-state index in [9.17, 15) is 0 Å². The summed E-state index contributed by atoms with van der Waals surface area (Å²) in [4.78, 5) is 2.39. The van der Waals surface area contributed by atoms with E-state index in [1.165, 1.54) is 0 Å². The molecule has 3 nitrogen and oxygen atoms in total. The van der Waals surface area contributed by atoms with Gasteiger partial charge in [0.1, 0.15) is 12.5 Å². The number of rotatable bonds is 2. The summed E-state index contributed by atoms with van der Waals surface area (Å²) in [7, 11) is 0. The second kappa shape index (κ2) is 4.51. The van der Waals surface area contributed by atoms with E-state index in [-0.39, 0.29) is 5.54 Å². The zero-order valence-corrected chi connectivity index (χ0v) is 12.8. The summed E-state index contributed by atoms with van der Waals surface area (Å²) in [5.74, 6) is 0. The molecule has 1 aliphatic rings. The molecular formula is C14H29N3. The summed E-state index contributed by atoms with van der Waals surface area (Å²) in [6, 6.07) is 0.450. The largest absolute Gasteiger partial charge is 0.334 e. The number of hydrogen-bond donors (Lipinski definition) is 0. The van der Waals surface area contributed by atoms with Gasteiger partial charge in [-0.25, -0.2) is 0 Å². The lowest BCUT2D eigenvalue weighted by Crippen LogP contribution is -2.52. The van der Waals surface area contributed by atoms with E-state index in [4.69, 9.17) is 0 Å². The minimum absolute atomic E-state index is 0.128. The third-order valence-corrected chi connectivity index (χ3v) is 3.03. The van der Waals surface area contributed by atoms with E-state index in [2.05, 4.69) is 70.4 Å². The standard InChI is InChI=1S/C14H29N3/c1-11(2)17-12(9-13(3,4)5)16(10-15-17)14(6,7)8/h10-12H,9H2,1-8H3. The van der Waals surface area contributed by atoms with E-state index >= 15 is 0 Å². The van der Waals surface area contributed by atoms with Crippen LogP contribution in [0.5, 0.6) is 0 Å². The summed E-state index contributed by atoms with van der Waals surface area (Å²) >= 11 is 0. The molecule has 0 radical (unpaired) electrons. The van der Waals surface area contributed by atoms with E-state index in [1.807, 2.05) is 6.34 Å². The highest BCUT2D eigenvalue weighted by atomic mass is 15.6. The lowest BCUT2D eigenvalue weighted by Gasteiger charge is -2.42. The van der Waals surface area contributed by atoms with Gasteiger partial charge in [-0.1, -0.05) is 20.8 Å². The first kappa shape index (κ1) is 14.3. The van der Waals surface area contributed by atoms with Crippen LogP contribution in [0.15, 0.2) is 5.10 Å². The Morgan fingerprint density at radius 2 is 1.65 bits per heavy atom. The summed E-state index contributed by atoms with van der Waals surface area (Å²) < 4.78 is 0. The zero-order valence-electron chi connectivity index (χ0n) is 12.8. The number of hydrazone groups is 1. The Kier molecular flexibility index (Phi) is 3.80. The second-order valence-electron chi connectivity index (χ2n) is 7.53. The third-order valence-electron chi connectivity index (χ3n) is 3.03. The van der Waals surface area contributed by atoms with Crippen molar-refractivity contribution in [2.45, 2.75) is 79.6 Å². The molecule has 1 atom stereocenters. The van der Waals surface area contributed by atoms with Gasteiger partial charge in [-0.15, -0.1) is 0 Å². The Labute approximate surface area is 107 Å². The predicted molar refractivity (Wildman–Crippen MR) is 74.9 cm³/mol. The van der Waals surface area contributed by atoms with Crippen LogP contribution in [0, 0.1) is 5.41 Å². The Balaban J connectivity index is 2.91. The highest BCUT2D eigenvalue weighted by Crippen LogP contribution is 2.32. The van der Waals surface area contributed by atoms with E-state index in [0.29, 0.717) is 17.6 Å². The summed E-state index contributed by atoms with van der Waals surface area (Å²) in [5.41, 5.74) is 0.443. The minimum atomic E-state index is 0.128. The molecular weight excluding hydrogens is 210 g/mol. The van der Waals surface area contributed by atoms with Crippen LogP contribution in [-0.4, -0.2) is 34.0 Å². The van der Waals surface area contributed by atoms with Crippen molar-refractivity contribution >= 4 is 6.34 Å². The number of hydrogen-bond acceptors (Lipinski definition) is 3. The fourth-order valence-electron chi connectivity index (χ4n) is 2.23. The van der Waals surface area contributed by atoms with Gasteiger partial charge in [-0.3, -0.25) is 5.01 Å². The zero-order chi connectivity index (χ0) is 13.4. The second-order valence-corrected chi connectivity index (χ2v) is 7.53. The van der Waals surface area contributed by atoms with Gasteiger partial charge in [0, 0.05) is 11.6 Å². The summed E-state index contributed by atoms with van der Waals surface area (Å²) in [6.07, 6.45) is 3.52. The van der Waals surface area contributed by atoms with Crippen molar-refractivity contribution in [3.05, 3.63) is 0 Å². The minimum Gasteiger partial charge on any atom is -0.334 e. The van der Waals surface area contributed by atoms with Crippen LogP contribution >= 0.6 is 0 Å². The smallest absolute Gasteiger partial charge is 0.120 e. The van der Waals surface area contributed by atoms with Crippen LogP contribution in [0.2, 0.25) is 0 Å². The molecule has 0 N–H and O–H groups in total. The molecule has 0 amide bonds. The molecule has 0 saturated heterocycles. The summed E-state index contributed by atoms with van der Waals surface area (Å²) in [6.45, 7) is 18.0.